The second-order valence-corrected chi connectivity index (χ2v) is 11.6. The van der Waals surface area contributed by atoms with E-state index in [0.717, 1.165) is 66.8 Å². The Balaban J connectivity index is 1.16. The maximum Gasteiger partial charge on any atom is 0.0998 e. The number of rotatable bonds is 6. The van der Waals surface area contributed by atoms with Crippen LogP contribution >= 0.6 is 0 Å². The molecule has 3 heteroatoms. The molecule has 0 aliphatic heterocycles. The number of nitriles is 3. The summed E-state index contributed by atoms with van der Waals surface area (Å²) in [6.45, 7) is 0. The highest BCUT2D eigenvalue weighted by molar-refractivity contribution is 5.82. The van der Waals surface area contributed by atoms with Crippen molar-refractivity contribution in [2.45, 2.75) is 0 Å². The van der Waals surface area contributed by atoms with E-state index in [9.17, 15) is 5.26 Å². The molecule has 0 heterocycles. The fourth-order valence-corrected chi connectivity index (χ4v) is 6.01. The summed E-state index contributed by atoms with van der Waals surface area (Å²) < 4.78 is 0. The highest BCUT2D eigenvalue weighted by atomic mass is 14.3. The summed E-state index contributed by atoms with van der Waals surface area (Å²) in [5, 5.41) is 28.3. The average molecular weight is 610 g/mol. The van der Waals surface area contributed by atoms with Crippen LogP contribution < -0.4 is 0 Å². The topological polar surface area (TPSA) is 71.4 Å². The zero-order valence-corrected chi connectivity index (χ0v) is 25.9. The van der Waals surface area contributed by atoms with E-state index in [2.05, 4.69) is 103 Å². The molecule has 0 N–H and O–H groups in total. The van der Waals surface area contributed by atoms with Gasteiger partial charge in [-0.05, 0) is 116 Å². The maximum absolute atomic E-state index is 9.95. The summed E-state index contributed by atoms with van der Waals surface area (Å²) in [5.74, 6) is 0. The molecule has 222 valence electrons. The van der Waals surface area contributed by atoms with E-state index in [-0.39, 0.29) is 0 Å². The minimum absolute atomic E-state index is 0.618. The number of hydrogen-bond acceptors (Lipinski definition) is 3. The number of nitrogens with zero attached hydrogens (tertiary/aromatic N) is 3. The van der Waals surface area contributed by atoms with Crippen LogP contribution in [0.4, 0.5) is 0 Å². The first-order valence-corrected chi connectivity index (χ1v) is 15.6. The molecular formula is C45H27N3. The molecule has 0 saturated heterocycles. The first kappa shape index (κ1) is 29.7. The molecule has 0 aliphatic rings. The van der Waals surface area contributed by atoms with E-state index in [1.807, 2.05) is 78.9 Å². The summed E-state index contributed by atoms with van der Waals surface area (Å²) in [6, 6.07) is 61.7. The predicted molar refractivity (Wildman–Crippen MR) is 193 cm³/mol. The van der Waals surface area contributed by atoms with Crippen LogP contribution in [0.3, 0.4) is 0 Å². The van der Waals surface area contributed by atoms with Gasteiger partial charge < -0.3 is 0 Å². The van der Waals surface area contributed by atoms with Gasteiger partial charge in [-0.15, -0.1) is 0 Å². The Morgan fingerprint density at radius 1 is 0.271 bits per heavy atom. The molecule has 48 heavy (non-hydrogen) atoms. The van der Waals surface area contributed by atoms with Crippen molar-refractivity contribution in [3.8, 4) is 85.0 Å². The molecule has 0 aromatic heterocycles. The van der Waals surface area contributed by atoms with Gasteiger partial charge in [0.2, 0.25) is 0 Å². The Morgan fingerprint density at radius 2 is 0.583 bits per heavy atom. The Bertz CT molecular complexity index is 2400. The summed E-state index contributed by atoms with van der Waals surface area (Å²) in [6.07, 6.45) is 0. The summed E-state index contributed by atoms with van der Waals surface area (Å²) in [4.78, 5) is 0. The summed E-state index contributed by atoms with van der Waals surface area (Å²) in [7, 11) is 0. The zero-order valence-electron chi connectivity index (χ0n) is 25.9. The molecule has 7 rings (SSSR count). The van der Waals surface area contributed by atoms with Crippen LogP contribution in [0.25, 0.3) is 66.8 Å². The van der Waals surface area contributed by atoms with Gasteiger partial charge in [0.15, 0.2) is 0 Å². The molecule has 0 amide bonds. The van der Waals surface area contributed by atoms with Gasteiger partial charge in [0.25, 0.3) is 0 Å². The maximum atomic E-state index is 9.95. The normalized spacial score (nSPS) is 10.4. The molecule has 7 aromatic carbocycles. The van der Waals surface area contributed by atoms with Crippen LogP contribution in [0.2, 0.25) is 0 Å². The molecular weight excluding hydrogens is 583 g/mol. The minimum Gasteiger partial charge on any atom is -0.192 e. The van der Waals surface area contributed by atoms with Crippen molar-refractivity contribution in [3.05, 3.63) is 180 Å². The molecule has 0 saturated carbocycles. The Kier molecular flexibility index (Phi) is 8.15. The lowest BCUT2D eigenvalue weighted by Crippen LogP contribution is -1.89. The van der Waals surface area contributed by atoms with Crippen LogP contribution in [0, 0.1) is 34.0 Å². The standard InChI is InChI=1S/C45H27N3/c46-28-31-10-14-33(15-11-31)37-4-1-7-40(24-37)41-8-2-5-38(25-41)35-18-20-36(21-19-35)42-22-23-44(30-48)45(27-42)43-9-3-6-39(26-43)34-16-12-32(29-47)13-17-34/h1-27H. The first-order valence-electron chi connectivity index (χ1n) is 15.6. The van der Waals surface area contributed by atoms with E-state index in [4.69, 9.17) is 10.5 Å². The smallest absolute Gasteiger partial charge is 0.0998 e. The molecule has 0 bridgehead atoms. The van der Waals surface area contributed by atoms with E-state index in [1.165, 1.54) is 0 Å². The average Bonchev–Trinajstić information content (AvgIpc) is 3.18. The van der Waals surface area contributed by atoms with Crippen molar-refractivity contribution in [2.75, 3.05) is 0 Å². The summed E-state index contributed by atoms with van der Waals surface area (Å²) >= 11 is 0. The van der Waals surface area contributed by atoms with Gasteiger partial charge in [0.05, 0.1) is 34.9 Å². The zero-order chi connectivity index (χ0) is 32.9. The van der Waals surface area contributed by atoms with Crippen LogP contribution in [0.5, 0.6) is 0 Å². The SMILES string of the molecule is N#Cc1ccc(-c2cccc(-c3cccc(-c4ccc(-c5ccc(C#N)c(-c6cccc(-c7ccc(C#N)cc7)c6)c5)cc4)c3)c2)cc1. The fraction of sp³-hybridized carbons (Fsp3) is 0. The van der Waals surface area contributed by atoms with Gasteiger partial charge in [-0.2, -0.15) is 15.8 Å². The van der Waals surface area contributed by atoms with E-state index in [1.54, 1.807) is 0 Å². The van der Waals surface area contributed by atoms with Crippen molar-refractivity contribution in [1.82, 2.24) is 0 Å². The lowest BCUT2D eigenvalue weighted by molar-refractivity contribution is 1.47. The van der Waals surface area contributed by atoms with Crippen LogP contribution in [-0.2, 0) is 0 Å². The highest BCUT2D eigenvalue weighted by Gasteiger charge is 2.11. The van der Waals surface area contributed by atoms with Crippen molar-refractivity contribution >= 4 is 0 Å². The first-order chi connectivity index (χ1) is 23.6. The molecule has 0 fully saturated rings. The quantitative estimate of drug-likeness (QED) is 0.188. The second kappa shape index (κ2) is 13.2. The molecule has 0 atom stereocenters. The Hall–Kier alpha value is -6.99. The van der Waals surface area contributed by atoms with Crippen LogP contribution in [0.15, 0.2) is 164 Å². The van der Waals surface area contributed by atoms with Crippen LogP contribution in [-0.4, -0.2) is 0 Å². The number of benzene rings is 7. The largest absolute Gasteiger partial charge is 0.192 e. The van der Waals surface area contributed by atoms with Crippen molar-refractivity contribution in [3.63, 3.8) is 0 Å². The van der Waals surface area contributed by atoms with Crippen molar-refractivity contribution in [2.24, 2.45) is 0 Å². The lowest BCUT2D eigenvalue weighted by Gasteiger charge is -2.12. The molecule has 0 aliphatic carbocycles. The molecule has 0 unspecified atom stereocenters. The number of hydrogen-bond donors (Lipinski definition) is 0. The van der Waals surface area contributed by atoms with Gasteiger partial charge in [0, 0.05) is 5.56 Å². The van der Waals surface area contributed by atoms with E-state index < -0.39 is 0 Å². The Labute approximate surface area is 280 Å². The molecule has 0 radical (unpaired) electrons. The fourth-order valence-electron chi connectivity index (χ4n) is 6.01. The van der Waals surface area contributed by atoms with Crippen LogP contribution in [0.1, 0.15) is 16.7 Å². The van der Waals surface area contributed by atoms with E-state index >= 15 is 0 Å². The van der Waals surface area contributed by atoms with Gasteiger partial charge in [-0.3, -0.25) is 0 Å². The third-order valence-corrected chi connectivity index (χ3v) is 8.62. The molecule has 0 spiro atoms. The lowest BCUT2D eigenvalue weighted by atomic mass is 9.92. The second-order valence-electron chi connectivity index (χ2n) is 11.6. The summed E-state index contributed by atoms with van der Waals surface area (Å²) in [5.41, 5.74) is 14.6. The van der Waals surface area contributed by atoms with Gasteiger partial charge in [0.1, 0.15) is 0 Å². The molecule has 7 aromatic rings. The van der Waals surface area contributed by atoms with Crippen molar-refractivity contribution in [1.29, 1.82) is 15.8 Å². The Morgan fingerprint density at radius 3 is 0.979 bits per heavy atom. The van der Waals surface area contributed by atoms with Gasteiger partial charge in [-0.25, -0.2) is 0 Å². The van der Waals surface area contributed by atoms with E-state index in [0.29, 0.717) is 16.7 Å². The molecule has 3 nitrogen and oxygen atoms in total. The third kappa shape index (κ3) is 6.11. The third-order valence-electron chi connectivity index (χ3n) is 8.62. The van der Waals surface area contributed by atoms with Gasteiger partial charge >= 0.3 is 0 Å². The van der Waals surface area contributed by atoms with Gasteiger partial charge in [-0.1, -0.05) is 109 Å². The predicted octanol–water partition coefficient (Wildman–Crippen LogP) is 11.3. The van der Waals surface area contributed by atoms with Crippen molar-refractivity contribution < 1.29 is 0 Å². The monoisotopic (exact) mass is 609 g/mol. The minimum atomic E-state index is 0.618. The highest BCUT2D eigenvalue weighted by Crippen LogP contribution is 2.34.